The third-order valence-electron chi connectivity index (χ3n) is 5.55. The van der Waals surface area contributed by atoms with E-state index < -0.39 is 6.10 Å². The second kappa shape index (κ2) is 8.35. The molecule has 1 aliphatic heterocycles. The summed E-state index contributed by atoms with van der Waals surface area (Å²) in [6.07, 6.45) is 4.13. The van der Waals surface area contributed by atoms with Crippen LogP contribution in [-0.2, 0) is 13.0 Å². The maximum Gasteiger partial charge on any atom is 0.271 e. The molecule has 29 heavy (non-hydrogen) atoms. The summed E-state index contributed by atoms with van der Waals surface area (Å²) in [7, 11) is 0. The number of β-amino-alcohol motifs (C(OH)–C–C–N with tert-alkyl or cyclic N) is 1. The topological polar surface area (TPSA) is 69.9 Å². The molecule has 0 unspecified atom stereocenters. The molecule has 2 aromatic heterocycles. The zero-order valence-corrected chi connectivity index (χ0v) is 17.0. The summed E-state index contributed by atoms with van der Waals surface area (Å²) >= 11 is 0. The lowest BCUT2D eigenvalue weighted by molar-refractivity contribution is 0.0838. The van der Waals surface area contributed by atoms with Gasteiger partial charge in [0.15, 0.2) is 0 Å². The predicted octanol–water partition coefficient (Wildman–Crippen LogP) is 2.61. The quantitative estimate of drug-likeness (QED) is 0.677. The summed E-state index contributed by atoms with van der Waals surface area (Å²) in [5.74, 6) is 0.152. The van der Waals surface area contributed by atoms with Crippen molar-refractivity contribution in [3.63, 3.8) is 0 Å². The van der Waals surface area contributed by atoms with Crippen LogP contribution >= 0.6 is 0 Å². The second-order valence-corrected chi connectivity index (χ2v) is 8.13. The van der Waals surface area contributed by atoms with Crippen molar-refractivity contribution in [3.05, 3.63) is 71.2 Å². The first-order valence-corrected chi connectivity index (χ1v) is 10.2. The average Bonchev–Trinajstić information content (AvgIpc) is 3.15. The van der Waals surface area contributed by atoms with Gasteiger partial charge in [0.25, 0.3) is 5.91 Å². The molecule has 0 spiro atoms. The van der Waals surface area contributed by atoms with Gasteiger partial charge in [-0.05, 0) is 35.1 Å². The number of aliphatic hydroxyl groups is 1. The second-order valence-electron chi connectivity index (χ2n) is 8.13. The number of nitrogens with one attached hydrogen (secondary N) is 1. The molecular weight excluding hydrogens is 364 g/mol. The number of nitrogens with zero attached hydrogens (tertiary/aromatic N) is 3. The molecule has 6 nitrogen and oxygen atoms in total. The van der Waals surface area contributed by atoms with Crippen molar-refractivity contribution in [1.29, 1.82) is 0 Å². The average molecular weight is 393 g/mol. The molecule has 1 amide bonds. The molecule has 4 rings (SSSR count). The van der Waals surface area contributed by atoms with E-state index in [0.29, 0.717) is 18.2 Å². The van der Waals surface area contributed by atoms with Gasteiger partial charge in [0.1, 0.15) is 11.3 Å². The van der Waals surface area contributed by atoms with E-state index in [2.05, 4.69) is 53.3 Å². The van der Waals surface area contributed by atoms with Gasteiger partial charge in [-0.3, -0.25) is 9.69 Å². The van der Waals surface area contributed by atoms with Gasteiger partial charge in [0.2, 0.25) is 0 Å². The molecule has 1 aromatic carbocycles. The van der Waals surface area contributed by atoms with E-state index in [4.69, 9.17) is 0 Å². The lowest BCUT2D eigenvalue weighted by Crippen LogP contribution is -2.42. The minimum Gasteiger partial charge on any atom is -0.390 e. The Labute approximate surface area is 171 Å². The number of carbonyl (C=O) groups excluding carboxylic acids is 1. The van der Waals surface area contributed by atoms with E-state index in [1.807, 2.05) is 22.7 Å². The summed E-state index contributed by atoms with van der Waals surface area (Å²) in [5, 5.41) is 13.2. The Kier molecular flexibility index (Phi) is 5.65. The number of aliphatic hydroxyl groups excluding tert-OH is 1. The van der Waals surface area contributed by atoms with Crippen LogP contribution in [0.3, 0.4) is 0 Å². The molecule has 3 heterocycles. The van der Waals surface area contributed by atoms with Crippen molar-refractivity contribution in [2.24, 2.45) is 0 Å². The van der Waals surface area contributed by atoms with Crippen molar-refractivity contribution >= 4 is 11.6 Å². The lowest BCUT2D eigenvalue weighted by Gasteiger charge is -2.30. The fourth-order valence-electron chi connectivity index (χ4n) is 3.83. The number of hydrogen-bond donors (Lipinski definition) is 2. The molecule has 3 aromatic rings. The molecule has 1 aliphatic rings. The highest BCUT2D eigenvalue weighted by Crippen LogP contribution is 2.18. The predicted molar refractivity (Wildman–Crippen MR) is 113 cm³/mol. The number of hydrogen-bond acceptors (Lipinski definition) is 4. The molecule has 1 atom stereocenters. The van der Waals surface area contributed by atoms with Crippen LogP contribution in [0, 0.1) is 0 Å². The number of imidazole rings is 1. The number of carbonyl (C=O) groups is 1. The Morgan fingerprint density at radius 1 is 1.17 bits per heavy atom. The maximum absolute atomic E-state index is 12.5. The number of rotatable bonds is 6. The third kappa shape index (κ3) is 4.49. The molecule has 152 valence electrons. The molecule has 6 heteroatoms. The first-order valence-electron chi connectivity index (χ1n) is 10.2. The fraction of sp³-hybridized carbons (Fsp3) is 0.391. The summed E-state index contributed by atoms with van der Waals surface area (Å²) in [5.41, 5.74) is 5.01. The van der Waals surface area contributed by atoms with Crippen molar-refractivity contribution in [2.45, 2.75) is 38.8 Å². The van der Waals surface area contributed by atoms with Crippen molar-refractivity contribution in [3.8, 4) is 0 Å². The van der Waals surface area contributed by atoms with E-state index >= 15 is 0 Å². The normalized spacial score (nSPS) is 15.4. The van der Waals surface area contributed by atoms with Crippen LogP contribution < -0.4 is 5.32 Å². The smallest absolute Gasteiger partial charge is 0.271 e. The van der Waals surface area contributed by atoms with Gasteiger partial charge in [0.05, 0.1) is 6.10 Å². The molecule has 0 fully saturated rings. The minimum absolute atomic E-state index is 0.210. The van der Waals surface area contributed by atoms with Crippen LogP contribution in [0.15, 0.2) is 48.8 Å². The van der Waals surface area contributed by atoms with E-state index in [9.17, 15) is 9.90 Å². The van der Waals surface area contributed by atoms with E-state index in [1.165, 1.54) is 16.7 Å². The Morgan fingerprint density at radius 3 is 2.76 bits per heavy atom. The zero-order chi connectivity index (χ0) is 20.4. The van der Waals surface area contributed by atoms with Gasteiger partial charge in [-0.2, -0.15) is 0 Å². The van der Waals surface area contributed by atoms with Gasteiger partial charge in [0, 0.05) is 38.6 Å². The summed E-state index contributed by atoms with van der Waals surface area (Å²) in [6, 6.07) is 12.4. The van der Waals surface area contributed by atoms with Gasteiger partial charge < -0.3 is 14.8 Å². The van der Waals surface area contributed by atoms with Crippen molar-refractivity contribution in [2.75, 3.05) is 19.6 Å². The lowest BCUT2D eigenvalue weighted by atomic mass is 10.00. The summed E-state index contributed by atoms with van der Waals surface area (Å²) < 4.78 is 1.88. The van der Waals surface area contributed by atoms with E-state index in [1.54, 1.807) is 6.20 Å². The van der Waals surface area contributed by atoms with Gasteiger partial charge >= 0.3 is 0 Å². The van der Waals surface area contributed by atoms with Crippen LogP contribution in [0.2, 0.25) is 0 Å². The molecule has 0 radical (unpaired) electrons. The molecule has 0 aliphatic carbocycles. The Bertz CT molecular complexity index is 1010. The first kappa shape index (κ1) is 19.6. The fourth-order valence-corrected chi connectivity index (χ4v) is 3.83. The minimum atomic E-state index is -0.617. The number of aromatic nitrogens is 2. The van der Waals surface area contributed by atoms with Gasteiger partial charge in [-0.1, -0.05) is 44.2 Å². The Morgan fingerprint density at radius 2 is 1.97 bits per heavy atom. The molecule has 0 saturated carbocycles. The number of benzene rings is 1. The first-order chi connectivity index (χ1) is 14.0. The van der Waals surface area contributed by atoms with Crippen LogP contribution in [0.1, 0.15) is 46.9 Å². The molecule has 0 bridgehead atoms. The number of amides is 1. The maximum atomic E-state index is 12.5. The highest BCUT2D eigenvalue weighted by molar-refractivity contribution is 5.92. The van der Waals surface area contributed by atoms with Gasteiger partial charge in [-0.15, -0.1) is 0 Å². The van der Waals surface area contributed by atoms with Crippen LogP contribution in [0.25, 0.3) is 5.65 Å². The van der Waals surface area contributed by atoms with Crippen LogP contribution in [0.4, 0.5) is 0 Å². The number of fused-ring (bicyclic) bond motifs is 2. The number of pyridine rings is 1. The molecule has 2 N–H and O–H groups in total. The Balaban J connectivity index is 1.32. The Hall–Kier alpha value is -2.70. The van der Waals surface area contributed by atoms with Crippen molar-refractivity contribution in [1.82, 2.24) is 19.6 Å². The highest BCUT2D eigenvalue weighted by atomic mass is 16.3. The molecule has 0 saturated heterocycles. The summed E-state index contributed by atoms with van der Waals surface area (Å²) in [4.78, 5) is 19.1. The van der Waals surface area contributed by atoms with Crippen LogP contribution in [0.5, 0.6) is 0 Å². The molecular formula is C23H28N4O2. The summed E-state index contributed by atoms with van der Waals surface area (Å²) in [6.45, 7) is 6.78. The highest BCUT2D eigenvalue weighted by Gasteiger charge is 2.19. The van der Waals surface area contributed by atoms with E-state index in [-0.39, 0.29) is 12.5 Å². The van der Waals surface area contributed by atoms with Crippen LogP contribution in [-0.4, -0.2) is 51.0 Å². The van der Waals surface area contributed by atoms with Crippen molar-refractivity contribution < 1.29 is 9.90 Å². The standard InChI is InChI=1S/C23H28N4O2/c1-16(2)18-7-8-22-25-21(15-27(22)13-18)23(29)24-11-20(28)14-26-10-9-17-5-3-4-6-19(17)12-26/h3-8,13,15-16,20,28H,9-12,14H2,1-2H3,(H,24,29)/t20-/m0/s1. The SMILES string of the molecule is CC(C)c1ccc2nc(C(=O)NC[C@H](O)CN3CCc4ccccc4C3)cn2c1. The van der Waals surface area contributed by atoms with Gasteiger partial charge in [-0.25, -0.2) is 4.98 Å². The largest absolute Gasteiger partial charge is 0.390 e. The zero-order valence-electron chi connectivity index (χ0n) is 17.0. The van der Waals surface area contributed by atoms with E-state index in [0.717, 1.165) is 25.2 Å². The third-order valence-corrected chi connectivity index (χ3v) is 5.55. The monoisotopic (exact) mass is 392 g/mol.